The first-order chi connectivity index (χ1) is 7.81. The molecule has 4 heteroatoms. The monoisotopic (exact) mass is 238 g/mol. The van der Waals surface area contributed by atoms with Crippen LogP contribution in [0.5, 0.6) is 0 Å². The van der Waals surface area contributed by atoms with Gasteiger partial charge in [-0.2, -0.15) is 0 Å². The summed E-state index contributed by atoms with van der Waals surface area (Å²) >= 11 is 1.76. The van der Waals surface area contributed by atoms with Crippen molar-refractivity contribution in [3.63, 3.8) is 0 Å². The van der Waals surface area contributed by atoms with Gasteiger partial charge in [-0.25, -0.2) is 4.98 Å². The average molecular weight is 238 g/mol. The molecule has 0 amide bonds. The highest BCUT2D eigenvalue weighted by Gasteiger charge is 2.29. The second kappa shape index (κ2) is 4.34. The second-order valence-electron chi connectivity index (χ2n) is 4.79. The first kappa shape index (κ1) is 10.5. The Balaban J connectivity index is 1.53. The van der Waals surface area contributed by atoms with Crippen LogP contribution in [-0.2, 0) is 4.74 Å². The number of rotatable bonds is 3. The molecular formula is C12H18N2OS. The summed E-state index contributed by atoms with van der Waals surface area (Å²) in [5.74, 6) is 0. The molecule has 88 valence electrons. The van der Waals surface area contributed by atoms with Gasteiger partial charge in [0.2, 0.25) is 0 Å². The minimum absolute atomic E-state index is 0.504. The molecule has 1 aromatic heterocycles. The third-order valence-corrected chi connectivity index (χ3v) is 4.25. The number of nitrogens with zero attached hydrogens (tertiary/aromatic N) is 2. The fourth-order valence-corrected chi connectivity index (χ4v) is 3.00. The van der Waals surface area contributed by atoms with Crippen LogP contribution in [0.3, 0.4) is 0 Å². The highest BCUT2D eigenvalue weighted by molar-refractivity contribution is 7.13. The van der Waals surface area contributed by atoms with E-state index in [9.17, 15) is 0 Å². The van der Waals surface area contributed by atoms with Gasteiger partial charge in [-0.1, -0.05) is 0 Å². The molecular weight excluding hydrogens is 220 g/mol. The van der Waals surface area contributed by atoms with E-state index in [1.54, 1.807) is 11.3 Å². The number of thiazole rings is 1. The summed E-state index contributed by atoms with van der Waals surface area (Å²) in [6.45, 7) is 4.26. The van der Waals surface area contributed by atoms with Gasteiger partial charge in [0.25, 0.3) is 0 Å². The van der Waals surface area contributed by atoms with Gasteiger partial charge in [-0.15, -0.1) is 11.3 Å². The number of ether oxygens (including phenoxy) is 1. The lowest BCUT2D eigenvalue weighted by Crippen LogP contribution is -2.37. The van der Waals surface area contributed by atoms with E-state index in [1.807, 2.05) is 0 Å². The zero-order valence-corrected chi connectivity index (χ0v) is 10.5. The standard InChI is InChI=1S/C12H18N2OS/c1-9-8-16-12(13-9)14-6-4-11(5-7-14)15-10-2-3-10/h8,10-11H,2-7H2,1H3. The molecule has 1 aliphatic carbocycles. The lowest BCUT2D eigenvalue weighted by atomic mass is 10.1. The number of anilines is 1. The van der Waals surface area contributed by atoms with Crippen molar-refractivity contribution in [2.75, 3.05) is 18.0 Å². The molecule has 2 heterocycles. The van der Waals surface area contributed by atoms with Crippen molar-refractivity contribution in [2.45, 2.75) is 44.8 Å². The maximum atomic E-state index is 5.95. The lowest BCUT2D eigenvalue weighted by molar-refractivity contribution is 0.0247. The zero-order chi connectivity index (χ0) is 11.0. The SMILES string of the molecule is Cc1csc(N2CCC(OC3CC3)CC2)n1. The largest absolute Gasteiger partial charge is 0.375 e. The predicted molar refractivity (Wildman–Crippen MR) is 66.2 cm³/mol. The summed E-state index contributed by atoms with van der Waals surface area (Å²) in [6.07, 6.45) is 5.99. The van der Waals surface area contributed by atoms with Crippen LogP contribution in [0.4, 0.5) is 5.13 Å². The molecule has 0 radical (unpaired) electrons. The molecule has 2 fully saturated rings. The maximum absolute atomic E-state index is 5.95. The molecule has 0 aromatic carbocycles. The van der Waals surface area contributed by atoms with Crippen LogP contribution < -0.4 is 4.90 Å². The Bertz CT molecular complexity index is 354. The Morgan fingerprint density at radius 1 is 1.25 bits per heavy atom. The highest BCUT2D eigenvalue weighted by atomic mass is 32.1. The van der Waals surface area contributed by atoms with Crippen molar-refractivity contribution in [3.05, 3.63) is 11.1 Å². The van der Waals surface area contributed by atoms with Crippen LogP contribution in [0.2, 0.25) is 0 Å². The van der Waals surface area contributed by atoms with Crippen molar-refractivity contribution in [1.29, 1.82) is 0 Å². The van der Waals surface area contributed by atoms with E-state index in [0.29, 0.717) is 12.2 Å². The van der Waals surface area contributed by atoms with Gasteiger partial charge in [0.05, 0.1) is 17.9 Å². The normalized spacial score (nSPS) is 22.7. The fraction of sp³-hybridized carbons (Fsp3) is 0.750. The van der Waals surface area contributed by atoms with Crippen molar-refractivity contribution >= 4 is 16.5 Å². The van der Waals surface area contributed by atoms with Gasteiger partial charge in [0, 0.05) is 18.5 Å². The predicted octanol–water partition coefficient (Wildman–Crippen LogP) is 2.60. The van der Waals surface area contributed by atoms with Gasteiger partial charge in [-0.3, -0.25) is 0 Å². The van der Waals surface area contributed by atoms with E-state index in [0.717, 1.165) is 31.6 Å². The van der Waals surface area contributed by atoms with E-state index < -0.39 is 0 Å². The molecule has 16 heavy (non-hydrogen) atoms. The number of aromatic nitrogens is 1. The molecule has 1 aliphatic heterocycles. The molecule has 0 unspecified atom stereocenters. The van der Waals surface area contributed by atoms with Gasteiger partial charge >= 0.3 is 0 Å². The van der Waals surface area contributed by atoms with E-state index in [1.165, 1.54) is 18.0 Å². The molecule has 3 rings (SSSR count). The molecule has 0 spiro atoms. The first-order valence-corrected chi connectivity index (χ1v) is 7.02. The third kappa shape index (κ3) is 2.38. The Hall–Kier alpha value is -0.610. The molecule has 0 atom stereocenters. The third-order valence-electron chi connectivity index (χ3n) is 3.23. The fourth-order valence-electron chi connectivity index (χ4n) is 2.15. The van der Waals surface area contributed by atoms with E-state index in [2.05, 4.69) is 22.2 Å². The number of piperidine rings is 1. The van der Waals surface area contributed by atoms with Crippen LogP contribution in [0.1, 0.15) is 31.4 Å². The van der Waals surface area contributed by atoms with Crippen molar-refractivity contribution in [3.8, 4) is 0 Å². The summed E-state index contributed by atoms with van der Waals surface area (Å²) in [5, 5.41) is 3.31. The summed E-state index contributed by atoms with van der Waals surface area (Å²) in [4.78, 5) is 6.93. The van der Waals surface area contributed by atoms with Crippen LogP contribution in [0.25, 0.3) is 0 Å². The van der Waals surface area contributed by atoms with Crippen LogP contribution in [0, 0.1) is 6.92 Å². The first-order valence-electron chi connectivity index (χ1n) is 6.14. The van der Waals surface area contributed by atoms with Gasteiger partial charge in [0.15, 0.2) is 5.13 Å². The zero-order valence-electron chi connectivity index (χ0n) is 9.69. The Morgan fingerprint density at radius 2 is 1.94 bits per heavy atom. The summed E-state index contributed by atoms with van der Waals surface area (Å²) in [7, 11) is 0. The lowest BCUT2D eigenvalue weighted by Gasteiger charge is -2.31. The second-order valence-corrected chi connectivity index (χ2v) is 5.63. The van der Waals surface area contributed by atoms with Gasteiger partial charge in [-0.05, 0) is 32.6 Å². The summed E-state index contributed by atoms with van der Waals surface area (Å²) in [6, 6.07) is 0. The van der Waals surface area contributed by atoms with Crippen molar-refractivity contribution in [2.24, 2.45) is 0 Å². The van der Waals surface area contributed by atoms with E-state index in [4.69, 9.17) is 4.74 Å². The average Bonchev–Trinajstić information content (AvgIpc) is 3.00. The van der Waals surface area contributed by atoms with E-state index >= 15 is 0 Å². The molecule has 1 aromatic rings. The number of hydrogen-bond acceptors (Lipinski definition) is 4. The molecule has 2 aliphatic rings. The summed E-state index contributed by atoms with van der Waals surface area (Å²) in [5.41, 5.74) is 1.14. The molecule has 1 saturated carbocycles. The topological polar surface area (TPSA) is 25.4 Å². The summed E-state index contributed by atoms with van der Waals surface area (Å²) < 4.78 is 5.95. The highest BCUT2D eigenvalue weighted by Crippen LogP contribution is 2.30. The van der Waals surface area contributed by atoms with Gasteiger partial charge < -0.3 is 9.64 Å². The Labute approximate surface area is 100 Å². The van der Waals surface area contributed by atoms with E-state index in [-0.39, 0.29) is 0 Å². The maximum Gasteiger partial charge on any atom is 0.185 e. The van der Waals surface area contributed by atoms with Crippen LogP contribution in [-0.4, -0.2) is 30.3 Å². The Morgan fingerprint density at radius 3 is 2.50 bits per heavy atom. The number of hydrogen-bond donors (Lipinski definition) is 0. The quantitative estimate of drug-likeness (QED) is 0.809. The molecule has 0 bridgehead atoms. The minimum atomic E-state index is 0.504. The van der Waals surface area contributed by atoms with Gasteiger partial charge in [0.1, 0.15) is 0 Å². The smallest absolute Gasteiger partial charge is 0.185 e. The van der Waals surface area contributed by atoms with Crippen molar-refractivity contribution < 1.29 is 4.74 Å². The molecule has 0 N–H and O–H groups in total. The molecule has 3 nitrogen and oxygen atoms in total. The minimum Gasteiger partial charge on any atom is -0.375 e. The van der Waals surface area contributed by atoms with Crippen LogP contribution >= 0.6 is 11.3 Å². The Kier molecular flexibility index (Phi) is 2.86. The van der Waals surface area contributed by atoms with Crippen molar-refractivity contribution in [1.82, 2.24) is 4.98 Å². The molecule has 1 saturated heterocycles. The number of aryl methyl sites for hydroxylation is 1. The van der Waals surface area contributed by atoms with Crippen LogP contribution in [0.15, 0.2) is 5.38 Å².